The summed E-state index contributed by atoms with van der Waals surface area (Å²) in [5.41, 5.74) is 2.77. The molecule has 0 unspecified atom stereocenters. The lowest BCUT2D eigenvalue weighted by molar-refractivity contribution is 0.415. The fourth-order valence-corrected chi connectivity index (χ4v) is 2.10. The Balaban J connectivity index is 2.32. The van der Waals surface area contributed by atoms with Gasteiger partial charge in [0, 0.05) is 5.56 Å². The molecule has 0 fully saturated rings. The second-order valence-corrected chi connectivity index (χ2v) is 4.46. The molecule has 98 valence electrons. The second kappa shape index (κ2) is 5.81. The molecule has 0 aliphatic carbocycles. The summed E-state index contributed by atoms with van der Waals surface area (Å²) in [6, 6.07) is 13.3. The van der Waals surface area contributed by atoms with Crippen LogP contribution in [-0.4, -0.2) is 14.2 Å². The van der Waals surface area contributed by atoms with Crippen LogP contribution in [0.4, 0.5) is 0 Å². The summed E-state index contributed by atoms with van der Waals surface area (Å²) in [7, 11) is 3.26. The zero-order chi connectivity index (χ0) is 13.8. The maximum absolute atomic E-state index is 6.25. The van der Waals surface area contributed by atoms with Gasteiger partial charge in [0.2, 0.25) is 0 Å². The molecule has 2 aromatic rings. The lowest BCUT2D eigenvalue weighted by Crippen LogP contribution is -1.90. The highest BCUT2D eigenvalue weighted by Crippen LogP contribution is 2.31. The van der Waals surface area contributed by atoms with Crippen molar-refractivity contribution in [3.8, 4) is 11.5 Å². The van der Waals surface area contributed by atoms with Gasteiger partial charge in [0.05, 0.1) is 19.2 Å². The summed E-state index contributed by atoms with van der Waals surface area (Å²) in [6.45, 7) is 4.10. The van der Waals surface area contributed by atoms with Crippen molar-refractivity contribution in [1.29, 1.82) is 0 Å². The minimum absolute atomic E-state index is 0.625. The Morgan fingerprint density at radius 2 is 1.53 bits per heavy atom. The van der Waals surface area contributed by atoms with Crippen LogP contribution in [0.5, 0.6) is 11.5 Å². The van der Waals surface area contributed by atoms with Crippen molar-refractivity contribution in [1.82, 2.24) is 0 Å². The molecular weight excluding hydrogens is 260 g/mol. The fraction of sp³-hybridized carbons (Fsp3) is 0.125. The molecule has 3 heteroatoms. The SMILES string of the molecule is C=C(c1ccc(OC)cc1)c1ccc(OC)cc1Cl. The van der Waals surface area contributed by atoms with Crippen molar-refractivity contribution in [2.24, 2.45) is 0 Å². The van der Waals surface area contributed by atoms with Crippen molar-refractivity contribution in [2.75, 3.05) is 14.2 Å². The monoisotopic (exact) mass is 274 g/mol. The van der Waals surface area contributed by atoms with E-state index in [0.717, 1.165) is 28.2 Å². The van der Waals surface area contributed by atoms with Crippen molar-refractivity contribution in [3.05, 3.63) is 65.2 Å². The normalized spacial score (nSPS) is 10.1. The third-order valence-corrected chi connectivity index (χ3v) is 3.25. The molecule has 0 heterocycles. The average Bonchev–Trinajstić information content (AvgIpc) is 2.46. The van der Waals surface area contributed by atoms with E-state index in [9.17, 15) is 0 Å². The summed E-state index contributed by atoms with van der Waals surface area (Å²) >= 11 is 6.25. The van der Waals surface area contributed by atoms with Crippen LogP contribution in [0.25, 0.3) is 5.57 Å². The van der Waals surface area contributed by atoms with E-state index in [1.807, 2.05) is 36.4 Å². The van der Waals surface area contributed by atoms with Gasteiger partial charge in [-0.25, -0.2) is 0 Å². The molecule has 0 spiro atoms. The van der Waals surface area contributed by atoms with Gasteiger partial charge < -0.3 is 9.47 Å². The predicted molar refractivity (Wildman–Crippen MR) is 79.1 cm³/mol. The Bertz CT molecular complexity index is 588. The summed E-state index contributed by atoms with van der Waals surface area (Å²) in [5.74, 6) is 1.55. The van der Waals surface area contributed by atoms with Gasteiger partial charge in [0.1, 0.15) is 11.5 Å². The van der Waals surface area contributed by atoms with Gasteiger partial charge in [-0.2, -0.15) is 0 Å². The lowest BCUT2D eigenvalue weighted by atomic mass is 9.99. The highest BCUT2D eigenvalue weighted by molar-refractivity contribution is 6.32. The number of rotatable bonds is 4. The Labute approximate surface area is 118 Å². The maximum Gasteiger partial charge on any atom is 0.120 e. The minimum atomic E-state index is 0.625. The molecule has 0 amide bonds. The van der Waals surface area contributed by atoms with E-state index in [1.165, 1.54) is 0 Å². The van der Waals surface area contributed by atoms with Crippen LogP contribution in [-0.2, 0) is 0 Å². The lowest BCUT2D eigenvalue weighted by Gasteiger charge is -2.10. The van der Waals surface area contributed by atoms with Crippen molar-refractivity contribution in [2.45, 2.75) is 0 Å². The highest BCUT2D eigenvalue weighted by atomic mass is 35.5. The largest absolute Gasteiger partial charge is 0.497 e. The minimum Gasteiger partial charge on any atom is -0.497 e. The molecule has 0 atom stereocenters. The van der Waals surface area contributed by atoms with Gasteiger partial charge in [-0.15, -0.1) is 0 Å². The fourth-order valence-electron chi connectivity index (χ4n) is 1.82. The maximum atomic E-state index is 6.25. The van der Waals surface area contributed by atoms with Gasteiger partial charge in [-0.1, -0.05) is 30.3 Å². The van der Waals surface area contributed by atoms with Crippen LogP contribution in [0.2, 0.25) is 5.02 Å². The van der Waals surface area contributed by atoms with Gasteiger partial charge >= 0.3 is 0 Å². The Kier molecular flexibility index (Phi) is 4.13. The van der Waals surface area contributed by atoms with Gasteiger partial charge in [0.15, 0.2) is 0 Å². The first kappa shape index (κ1) is 13.5. The number of hydrogen-bond acceptors (Lipinski definition) is 2. The molecule has 0 N–H and O–H groups in total. The van der Waals surface area contributed by atoms with E-state index < -0.39 is 0 Å². The molecular formula is C16H15ClO2. The number of methoxy groups -OCH3 is 2. The topological polar surface area (TPSA) is 18.5 Å². The summed E-state index contributed by atoms with van der Waals surface area (Å²) in [4.78, 5) is 0. The third-order valence-electron chi connectivity index (χ3n) is 2.94. The van der Waals surface area contributed by atoms with Crippen LogP contribution in [0, 0.1) is 0 Å². The zero-order valence-corrected chi connectivity index (χ0v) is 11.7. The summed E-state index contributed by atoms with van der Waals surface area (Å²) in [6.07, 6.45) is 0. The molecule has 0 aliphatic rings. The second-order valence-electron chi connectivity index (χ2n) is 4.05. The summed E-state index contributed by atoms with van der Waals surface area (Å²) in [5, 5.41) is 0.625. The van der Waals surface area contributed by atoms with Gasteiger partial charge in [0.25, 0.3) is 0 Å². The first-order valence-corrected chi connectivity index (χ1v) is 6.20. The Morgan fingerprint density at radius 3 is 2.05 bits per heavy atom. The molecule has 2 rings (SSSR count). The van der Waals surface area contributed by atoms with Crippen LogP contribution < -0.4 is 9.47 Å². The first-order valence-electron chi connectivity index (χ1n) is 5.83. The number of hydrogen-bond donors (Lipinski definition) is 0. The summed E-state index contributed by atoms with van der Waals surface area (Å²) < 4.78 is 10.3. The molecule has 2 nitrogen and oxygen atoms in total. The van der Waals surface area contributed by atoms with E-state index in [2.05, 4.69) is 6.58 Å². The zero-order valence-electron chi connectivity index (χ0n) is 10.9. The average molecular weight is 275 g/mol. The quantitative estimate of drug-likeness (QED) is 0.822. The van der Waals surface area contributed by atoms with Crippen molar-refractivity contribution >= 4 is 17.2 Å². The number of ether oxygens (including phenoxy) is 2. The van der Waals surface area contributed by atoms with Crippen molar-refractivity contribution < 1.29 is 9.47 Å². The van der Waals surface area contributed by atoms with Crippen LogP contribution >= 0.6 is 11.6 Å². The van der Waals surface area contributed by atoms with Crippen LogP contribution in [0.1, 0.15) is 11.1 Å². The molecule has 0 saturated carbocycles. The van der Waals surface area contributed by atoms with Crippen molar-refractivity contribution in [3.63, 3.8) is 0 Å². The van der Waals surface area contributed by atoms with E-state index in [0.29, 0.717) is 5.02 Å². The molecule has 19 heavy (non-hydrogen) atoms. The molecule has 0 aromatic heterocycles. The molecule has 0 saturated heterocycles. The first-order chi connectivity index (χ1) is 9.15. The smallest absolute Gasteiger partial charge is 0.120 e. The van der Waals surface area contributed by atoms with Crippen LogP contribution in [0.3, 0.4) is 0 Å². The standard InChI is InChI=1S/C16H15ClO2/c1-11(12-4-6-13(18-2)7-5-12)15-9-8-14(19-3)10-16(15)17/h4-10H,1H2,2-3H3. The Morgan fingerprint density at radius 1 is 0.947 bits per heavy atom. The van der Waals surface area contributed by atoms with E-state index in [-0.39, 0.29) is 0 Å². The van der Waals surface area contributed by atoms with Gasteiger partial charge in [-0.05, 0) is 41.5 Å². The third kappa shape index (κ3) is 2.91. The Hall–Kier alpha value is -1.93. The van der Waals surface area contributed by atoms with E-state index in [1.54, 1.807) is 20.3 Å². The molecule has 2 aromatic carbocycles. The predicted octanol–water partition coefficient (Wildman–Crippen LogP) is 4.42. The number of halogens is 1. The van der Waals surface area contributed by atoms with E-state index in [4.69, 9.17) is 21.1 Å². The van der Waals surface area contributed by atoms with Crippen LogP contribution in [0.15, 0.2) is 49.0 Å². The highest BCUT2D eigenvalue weighted by Gasteiger charge is 2.08. The number of benzene rings is 2. The van der Waals surface area contributed by atoms with E-state index >= 15 is 0 Å². The van der Waals surface area contributed by atoms with Gasteiger partial charge in [-0.3, -0.25) is 0 Å². The molecule has 0 bridgehead atoms. The molecule has 0 radical (unpaired) electrons. The molecule has 0 aliphatic heterocycles.